The molecule has 2 heterocycles. The molecule has 0 atom stereocenters. The predicted octanol–water partition coefficient (Wildman–Crippen LogP) is 3.64. The smallest absolute Gasteiger partial charge is 0.273 e. The Bertz CT molecular complexity index is 1240. The number of anilines is 2. The van der Waals surface area contributed by atoms with Gasteiger partial charge in [0.15, 0.2) is 11.5 Å². The fourth-order valence-corrected chi connectivity index (χ4v) is 2.76. The van der Waals surface area contributed by atoms with Crippen LogP contribution in [0.15, 0.2) is 53.4 Å². The van der Waals surface area contributed by atoms with E-state index >= 15 is 0 Å². The first kappa shape index (κ1) is 23.4. The highest BCUT2D eigenvalue weighted by atomic mass is 19.1. The van der Waals surface area contributed by atoms with Gasteiger partial charge in [-0.25, -0.2) is 13.9 Å². The summed E-state index contributed by atoms with van der Waals surface area (Å²) < 4.78 is 21.5. The zero-order chi connectivity index (χ0) is 24.1. The Labute approximate surface area is 189 Å². The number of carbonyl (C=O) groups excluding carboxylic acids is 2. The van der Waals surface area contributed by atoms with Crippen molar-refractivity contribution in [2.45, 2.75) is 20.8 Å². The van der Waals surface area contributed by atoms with Crippen LogP contribution < -0.4 is 15.4 Å². The molecule has 172 valence electrons. The number of imidazole rings is 1. The third-order valence-electron chi connectivity index (χ3n) is 4.55. The zero-order valence-electron chi connectivity index (χ0n) is 18.7. The molecular formula is C22H24FN7O3. The maximum Gasteiger partial charge on any atom is 0.273 e. The molecule has 11 heteroatoms. The standard InChI is InChI=1S/C22H24FN7O3/c1-6-17(29(5)24-4)22(32)25-16-11-14(7-8-15(16)23)33-20-10-9-19-26-18(12-30(19)28-20)27-21(31)13(2)3/h6-13H,4H2,1-3,5H3,(H,25,32)(H,27,31)/b17-6-. The number of benzene rings is 1. The number of halogens is 1. The number of nitrogens with zero attached hydrogens (tertiary/aromatic N) is 5. The summed E-state index contributed by atoms with van der Waals surface area (Å²) in [4.78, 5) is 28.6. The minimum Gasteiger partial charge on any atom is -0.438 e. The number of hydrogen-bond acceptors (Lipinski definition) is 7. The zero-order valence-corrected chi connectivity index (χ0v) is 18.7. The van der Waals surface area contributed by atoms with E-state index in [1.54, 1.807) is 46.1 Å². The maximum absolute atomic E-state index is 14.3. The average molecular weight is 453 g/mol. The predicted molar refractivity (Wildman–Crippen MR) is 123 cm³/mol. The van der Waals surface area contributed by atoms with Crippen molar-refractivity contribution < 1.29 is 18.7 Å². The lowest BCUT2D eigenvalue weighted by Gasteiger charge is -2.16. The van der Waals surface area contributed by atoms with Gasteiger partial charge in [0.2, 0.25) is 11.8 Å². The second-order valence-electron chi connectivity index (χ2n) is 7.28. The van der Waals surface area contributed by atoms with Crippen LogP contribution in [0.5, 0.6) is 11.6 Å². The third-order valence-corrected chi connectivity index (χ3v) is 4.55. The van der Waals surface area contributed by atoms with Crippen molar-refractivity contribution in [2.24, 2.45) is 11.0 Å². The highest BCUT2D eigenvalue weighted by molar-refractivity contribution is 6.03. The summed E-state index contributed by atoms with van der Waals surface area (Å²) >= 11 is 0. The van der Waals surface area contributed by atoms with E-state index in [0.29, 0.717) is 11.5 Å². The van der Waals surface area contributed by atoms with Gasteiger partial charge < -0.3 is 15.4 Å². The molecule has 3 aromatic rings. The van der Waals surface area contributed by atoms with Crippen molar-refractivity contribution in [1.82, 2.24) is 19.6 Å². The van der Waals surface area contributed by atoms with Crippen LogP contribution in [0.25, 0.3) is 5.65 Å². The molecule has 0 saturated heterocycles. The first-order valence-corrected chi connectivity index (χ1v) is 10.0. The van der Waals surface area contributed by atoms with Gasteiger partial charge in [0.05, 0.1) is 11.9 Å². The van der Waals surface area contributed by atoms with E-state index in [-0.39, 0.29) is 34.8 Å². The van der Waals surface area contributed by atoms with Gasteiger partial charge in [0, 0.05) is 31.8 Å². The molecule has 10 nitrogen and oxygen atoms in total. The van der Waals surface area contributed by atoms with Crippen LogP contribution in [0.2, 0.25) is 0 Å². The van der Waals surface area contributed by atoms with Crippen molar-refractivity contribution in [3.05, 3.63) is 54.1 Å². The Hall–Kier alpha value is -4.28. The Balaban J connectivity index is 1.78. The lowest BCUT2D eigenvalue weighted by atomic mass is 10.2. The summed E-state index contributed by atoms with van der Waals surface area (Å²) in [5.41, 5.74) is 0.632. The number of hydrogen-bond donors (Lipinski definition) is 2. The van der Waals surface area contributed by atoms with Gasteiger partial charge >= 0.3 is 0 Å². The summed E-state index contributed by atoms with van der Waals surface area (Å²) in [5.74, 6) is -0.719. The minimum absolute atomic E-state index is 0.0725. The summed E-state index contributed by atoms with van der Waals surface area (Å²) in [6.45, 7) is 8.59. The third kappa shape index (κ3) is 5.50. The van der Waals surface area contributed by atoms with Crippen LogP contribution >= 0.6 is 0 Å². The molecule has 2 amide bonds. The first-order valence-electron chi connectivity index (χ1n) is 10.0. The van der Waals surface area contributed by atoms with Crippen molar-refractivity contribution in [3.63, 3.8) is 0 Å². The fourth-order valence-electron chi connectivity index (χ4n) is 2.76. The molecule has 0 bridgehead atoms. The van der Waals surface area contributed by atoms with Gasteiger partial charge in [-0.15, -0.1) is 5.10 Å². The topological polar surface area (TPSA) is 113 Å². The number of nitrogens with one attached hydrogen (secondary N) is 2. The molecule has 0 fully saturated rings. The van der Waals surface area contributed by atoms with E-state index in [9.17, 15) is 14.0 Å². The molecule has 0 saturated carbocycles. The molecule has 0 aliphatic rings. The molecule has 0 aliphatic heterocycles. The lowest BCUT2D eigenvalue weighted by molar-refractivity contribution is -0.119. The van der Waals surface area contributed by atoms with Crippen LogP contribution in [0.4, 0.5) is 15.9 Å². The van der Waals surface area contributed by atoms with Gasteiger partial charge in [0.1, 0.15) is 17.3 Å². The van der Waals surface area contributed by atoms with Gasteiger partial charge in [0.25, 0.3) is 5.91 Å². The molecule has 3 rings (SSSR count). The Morgan fingerprint density at radius 3 is 2.70 bits per heavy atom. The summed E-state index contributed by atoms with van der Waals surface area (Å²) in [7, 11) is 1.55. The van der Waals surface area contributed by atoms with Crippen LogP contribution in [0.1, 0.15) is 20.8 Å². The number of amides is 2. The number of aromatic nitrogens is 3. The Kier molecular flexibility index (Phi) is 7.01. The van der Waals surface area contributed by atoms with E-state index < -0.39 is 11.7 Å². The monoisotopic (exact) mass is 453 g/mol. The number of fused-ring (bicyclic) bond motifs is 1. The van der Waals surface area contributed by atoms with Gasteiger partial charge in [-0.3, -0.25) is 14.6 Å². The number of rotatable bonds is 8. The SMILES string of the molecule is C=NN(C)/C(=C\C)C(=O)Nc1cc(Oc2ccc3nc(NC(=O)C(C)C)cn3n2)ccc1F. The number of ether oxygens (including phenoxy) is 1. The fraction of sp³-hybridized carbons (Fsp3) is 0.227. The highest BCUT2D eigenvalue weighted by Gasteiger charge is 2.16. The normalized spacial score (nSPS) is 11.4. The second-order valence-corrected chi connectivity index (χ2v) is 7.28. The second kappa shape index (κ2) is 9.90. The van der Waals surface area contributed by atoms with Crippen molar-refractivity contribution in [2.75, 3.05) is 17.7 Å². The van der Waals surface area contributed by atoms with E-state index in [1.165, 1.54) is 33.8 Å². The lowest BCUT2D eigenvalue weighted by Crippen LogP contribution is -2.24. The van der Waals surface area contributed by atoms with Crippen LogP contribution in [-0.2, 0) is 9.59 Å². The maximum atomic E-state index is 14.3. The van der Waals surface area contributed by atoms with Gasteiger partial charge in [-0.2, -0.15) is 5.10 Å². The largest absolute Gasteiger partial charge is 0.438 e. The van der Waals surface area contributed by atoms with E-state index in [0.717, 1.165) is 0 Å². The summed E-state index contributed by atoms with van der Waals surface area (Å²) in [6, 6.07) is 7.17. The van der Waals surface area contributed by atoms with Crippen molar-refractivity contribution in [3.8, 4) is 11.6 Å². The average Bonchev–Trinajstić information content (AvgIpc) is 3.17. The van der Waals surface area contributed by atoms with Crippen LogP contribution in [-0.4, -0.2) is 45.2 Å². The van der Waals surface area contributed by atoms with E-state index in [2.05, 4.69) is 32.5 Å². The molecule has 2 N–H and O–H groups in total. The number of allylic oxidation sites excluding steroid dienone is 1. The van der Waals surface area contributed by atoms with Crippen LogP contribution in [0.3, 0.4) is 0 Å². The molecule has 0 spiro atoms. The molecule has 0 unspecified atom stereocenters. The van der Waals surface area contributed by atoms with Gasteiger partial charge in [-0.05, 0) is 25.1 Å². The van der Waals surface area contributed by atoms with Crippen LogP contribution in [0, 0.1) is 11.7 Å². The Morgan fingerprint density at radius 1 is 1.27 bits per heavy atom. The minimum atomic E-state index is -0.635. The molecule has 33 heavy (non-hydrogen) atoms. The number of hydrazone groups is 1. The molecule has 0 aliphatic carbocycles. The highest BCUT2D eigenvalue weighted by Crippen LogP contribution is 2.26. The van der Waals surface area contributed by atoms with Crippen molar-refractivity contribution >= 4 is 35.7 Å². The number of likely N-dealkylation sites (N-methyl/N-ethyl adjacent to an activating group) is 1. The van der Waals surface area contributed by atoms with E-state index in [4.69, 9.17) is 4.74 Å². The quantitative estimate of drug-likeness (QED) is 0.306. The van der Waals surface area contributed by atoms with Crippen molar-refractivity contribution in [1.29, 1.82) is 0 Å². The molecule has 2 aromatic heterocycles. The molecular weight excluding hydrogens is 429 g/mol. The Morgan fingerprint density at radius 2 is 2.03 bits per heavy atom. The summed E-state index contributed by atoms with van der Waals surface area (Å²) in [6.07, 6.45) is 3.09. The first-order chi connectivity index (χ1) is 15.7. The molecule has 1 aromatic carbocycles. The number of carbonyl (C=O) groups is 2. The molecule has 0 radical (unpaired) electrons. The van der Waals surface area contributed by atoms with Gasteiger partial charge in [-0.1, -0.05) is 19.9 Å². The van der Waals surface area contributed by atoms with E-state index in [1.807, 2.05) is 0 Å². The summed E-state index contributed by atoms with van der Waals surface area (Å²) in [5, 5.41) is 14.4.